The number of carboxylic acids is 1. The van der Waals surface area contributed by atoms with Gasteiger partial charge in [0.05, 0.1) is 0 Å². The Balaban J connectivity index is 0.000000181. The topological polar surface area (TPSA) is 110 Å². The Hall–Kier alpha value is -3.59. The molecule has 5 rings (SSSR count). The number of hydrogen-bond acceptors (Lipinski definition) is 6. The molecule has 3 N–H and O–H groups in total. The Kier molecular flexibility index (Phi) is 7.18. The van der Waals surface area contributed by atoms with Crippen molar-refractivity contribution < 1.29 is 19.5 Å². The van der Waals surface area contributed by atoms with Gasteiger partial charge in [-0.25, -0.2) is 4.79 Å². The average Bonchev–Trinajstić information content (AvgIpc) is 3.03. The lowest BCUT2D eigenvalue weighted by Crippen LogP contribution is -2.52. The summed E-state index contributed by atoms with van der Waals surface area (Å²) < 4.78 is 0. The Labute approximate surface area is 224 Å². The van der Waals surface area contributed by atoms with Crippen molar-refractivity contribution in [1.82, 2.24) is 9.80 Å². The maximum Gasteiger partial charge on any atom is 0.327 e. The van der Waals surface area contributed by atoms with E-state index in [2.05, 4.69) is 28.0 Å². The van der Waals surface area contributed by atoms with Crippen LogP contribution < -0.4 is 15.5 Å². The first kappa shape index (κ1) is 27.4. The van der Waals surface area contributed by atoms with Crippen LogP contribution in [0.5, 0.6) is 0 Å². The highest BCUT2D eigenvalue weighted by molar-refractivity contribution is 6.07. The lowest BCUT2D eigenvalue weighted by atomic mass is 9.76. The van der Waals surface area contributed by atoms with E-state index in [9.17, 15) is 14.4 Å². The summed E-state index contributed by atoms with van der Waals surface area (Å²) in [4.78, 5) is 42.9. The molecule has 2 aliphatic carbocycles. The molecule has 2 aromatic carbocycles. The summed E-state index contributed by atoms with van der Waals surface area (Å²) in [5.41, 5.74) is 11.3. The third-order valence-corrected chi connectivity index (χ3v) is 8.40. The van der Waals surface area contributed by atoms with Gasteiger partial charge < -0.3 is 25.5 Å². The number of anilines is 2. The fraction of sp³-hybridized carbons (Fsp3) is 0.483. The molecule has 1 spiro atoms. The van der Waals surface area contributed by atoms with Crippen LogP contribution in [0.3, 0.4) is 0 Å². The van der Waals surface area contributed by atoms with Crippen LogP contribution >= 0.6 is 0 Å². The first-order chi connectivity index (χ1) is 17.8. The van der Waals surface area contributed by atoms with Crippen LogP contribution in [0.25, 0.3) is 0 Å². The second kappa shape index (κ2) is 9.94. The average molecular weight is 522 g/mol. The van der Waals surface area contributed by atoms with E-state index in [0.717, 1.165) is 24.1 Å². The van der Waals surface area contributed by atoms with Crippen LogP contribution in [-0.2, 0) is 35.3 Å². The van der Waals surface area contributed by atoms with Crippen molar-refractivity contribution in [3.05, 3.63) is 58.7 Å². The van der Waals surface area contributed by atoms with Crippen molar-refractivity contribution in [3.63, 3.8) is 0 Å². The van der Waals surface area contributed by atoms with Gasteiger partial charge >= 0.3 is 12.0 Å². The number of imide groups is 1. The molecule has 38 heavy (non-hydrogen) atoms. The molecular formula is C29H39N5O4. The van der Waals surface area contributed by atoms with Gasteiger partial charge in [-0.3, -0.25) is 14.5 Å². The molecule has 2 aromatic rings. The number of aliphatic carboxylic acids is 1. The van der Waals surface area contributed by atoms with Crippen LogP contribution in [0.4, 0.5) is 16.2 Å². The van der Waals surface area contributed by atoms with Gasteiger partial charge in [-0.05, 0) is 60.1 Å². The van der Waals surface area contributed by atoms with E-state index in [-0.39, 0.29) is 11.9 Å². The molecule has 0 radical (unpaired) electrons. The van der Waals surface area contributed by atoms with Crippen LogP contribution in [0, 0.1) is 0 Å². The number of hydrogen-bond donors (Lipinski definition) is 2. The highest BCUT2D eigenvalue weighted by Gasteiger charge is 2.55. The van der Waals surface area contributed by atoms with Crippen LogP contribution in [0.1, 0.15) is 35.1 Å². The Morgan fingerprint density at radius 3 is 1.82 bits per heavy atom. The Morgan fingerprint density at radius 1 is 0.868 bits per heavy atom. The zero-order valence-corrected chi connectivity index (χ0v) is 23.2. The second-order valence-electron chi connectivity index (χ2n) is 11.2. The lowest BCUT2D eigenvalue weighted by Gasteiger charge is -2.38. The van der Waals surface area contributed by atoms with Gasteiger partial charge in [0, 0.05) is 66.5 Å². The molecule has 0 aromatic heterocycles. The van der Waals surface area contributed by atoms with Gasteiger partial charge in [0.2, 0.25) is 0 Å². The summed E-state index contributed by atoms with van der Waals surface area (Å²) in [7, 11) is 11.4. The van der Waals surface area contributed by atoms with E-state index in [1.54, 1.807) is 19.0 Å². The third kappa shape index (κ3) is 4.49. The Bertz CT molecular complexity index is 1280. The minimum absolute atomic E-state index is 0.0732. The largest absolute Gasteiger partial charge is 0.480 e. The van der Waals surface area contributed by atoms with Gasteiger partial charge in [-0.15, -0.1) is 0 Å². The molecule has 3 aliphatic rings. The standard InChI is InChI=1S/C16H21N3O2.C13H18N2O2/c1-17(2)13-7-5-6-11-10-16(9-8-12(11)13)14(20)18(3)15(21)19(16)4;1-15(2)11-5-3-4-9-8-13(14,12(16)17)7-6-10(9)11/h5-7H,8-10H2,1-4H3;3-5H,6-8,14H2,1-2H3,(H,16,17). The molecule has 9 heteroatoms. The number of benzene rings is 2. The number of rotatable bonds is 3. The highest BCUT2D eigenvalue weighted by atomic mass is 16.4. The number of likely N-dealkylation sites (N-methyl/N-ethyl adjacent to an activating group) is 2. The van der Waals surface area contributed by atoms with E-state index >= 15 is 0 Å². The minimum Gasteiger partial charge on any atom is -0.480 e. The number of carboxylic acid groups (broad SMARTS) is 1. The van der Waals surface area contributed by atoms with Crippen molar-refractivity contribution in [2.45, 2.75) is 49.6 Å². The molecule has 1 aliphatic heterocycles. The van der Waals surface area contributed by atoms with Crippen molar-refractivity contribution >= 4 is 29.3 Å². The van der Waals surface area contributed by atoms with Gasteiger partial charge in [0.15, 0.2) is 0 Å². The van der Waals surface area contributed by atoms with E-state index < -0.39 is 17.0 Å². The maximum atomic E-state index is 12.6. The predicted molar refractivity (Wildman–Crippen MR) is 149 cm³/mol. The predicted octanol–water partition coefficient (Wildman–Crippen LogP) is 2.53. The van der Waals surface area contributed by atoms with E-state index in [1.807, 2.05) is 46.4 Å². The quantitative estimate of drug-likeness (QED) is 0.597. The monoisotopic (exact) mass is 521 g/mol. The SMILES string of the molecule is CN(C)c1cccc2c1CCC(N)(C(=O)O)C2.CN1C(=O)N(C)C2(CCc3c(cccc3N(C)C)C2)C1=O. The lowest BCUT2D eigenvalue weighted by molar-refractivity contribution is -0.143. The summed E-state index contributed by atoms with van der Waals surface area (Å²) in [5.74, 6) is -0.977. The highest BCUT2D eigenvalue weighted by Crippen LogP contribution is 2.41. The van der Waals surface area contributed by atoms with Gasteiger partial charge in [-0.1, -0.05) is 24.3 Å². The third-order valence-electron chi connectivity index (χ3n) is 8.40. The second-order valence-corrected chi connectivity index (χ2v) is 11.2. The number of nitrogens with zero attached hydrogens (tertiary/aromatic N) is 4. The first-order valence-electron chi connectivity index (χ1n) is 13.0. The zero-order valence-electron chi connectivity index (χ0n) is 23.2. The van der Waals surface area contributed by atoms with Gasteiger partial charge in [0.1, 0.15) is 11.1 Å². The molecule has 0 bridgehead atoms. The van der Waals surface area contributed by atoms with E-state index in [1.165, 1.54) is 27.3 Å². The van der Waals surface area contributed by atoms with Crippen molar-refractivity contribution in [2.24, 2.45) is 5.73 Å². The fourth-order valence-corrected chi connectivity index (χ4v) is 6.10. The summed E-state index contributed by atoms with van der Waals surface area (Å²) >= 11 is 0. The molecule has 2 unspecified atom stereocenters. The van der Waals surface area contributed by atoms with Crippen LogP contribution in [0.15, 0.2) is 36.4 Å². The number of urea groups is 1. The number of carbonyl (C=O) groups excluding carboxylic acids is 2. The zero-order chi connectivity index (χ0) is 28.0. The smallest absolute Gasteiger partial charge is 0.327 e. The summed E-state index contributed by atoms with van der Waals surface area (Å²) in [6.07, 6.45) is 3.76. The number of carbonyl (C=O) groups is 3. The van der Waals surface area contributed by atoms with Gasteiger partial charge in [0.25, 0.3) is 5.91 Å². The normalized spacial score (nSPS) is 24.0. The number of fused-ring (bicyclic) bond motifs is 2. The van der Waals surface area contributed by atoms with Crippen molar-refractivity contribution in [3.8, 4) is 0 Å². The molecule has 3 amide bonds. The Morgan fingerprint density at radius 2 is 1.37 bits per heavy atom. The fourth-order valence-electron chi connectivity index (χ4n) is 6.10. The first-order valence-corrected chi connectivity index (χ1v) is 13.0. The van der Waals surface area contributed by atoms with Crippen molar-refractivity contribution in [2.75, 3.05) is 52.1 Å². The molecule has 2 atom stereocenters. The molecule has 1 heterocycles. The van der Waals surface area contributed by atoms with E-state index in [0.29, 0.717) is 25.7 Å². The van der Waals surface area contributed by atoms with Crippen LogP contribution in [0.2, 0.25) is 0 Å². The summed E-state index contributed by atoms with van der Waals surface area (Å²) in [5, 5.41) is 9.17. The van der Waals surface area contributed by atoms with E-state index in [4.69, 9.17) is 10.8 Å². The maximum absolute atomic E-state index is 12.6. The minimum atomic E-state index is -1.10. The molecular weight excluding hydrogens is 482 g/mol. The molecule has 0 saturated carbocycles. The summed E-state index contributed by atoms with van der Waals surface area (Å²) in [6.45, 7) is 0. The molecule has 1 saturated heterocycles. The molecule has 9 nitrogen and oxygen atoms in total. The molecule has 1 fully saturated rings. The summed E-state index contributed by atoms with van der Waals surface area (Å²) in [6, 6.07) is 12.0. The van der Waals surface area contributed by atoms with Gasteiger partial charge in [-0.2, -0.15) is 0 Å². The van der Waals surface area contributed by atoms with Crippen molar-refractivity contribution in [1.29, 1.82) is 0 Å². The molecule has 204 valence electrons. The number of nitrogens with two attached hydrogens (primary N) is 1. The number of amides is 3. The van der Waals surface area contributed by atoms with Crippen LogP contribution in [-0.4, -0.2) is 86.2 Å².